The first-order chi connectivity index (χ1) is 17.3. The second kappa shape index (κ2) is 13.0. The third-order valence-electron chi connectivity index (χ3n) is 5.68. The fourth-order valence-corrected chi connectivity index (χ4v) is 5.05. The van der Waals surface area contributed by atoms with Crippen LogP contribution in [-0.4, -0.2) is 51.0 Å². The number of hydrogen-bond donors (Lipinski definition) is 3. The third-order valence-corrected chi connectivity index (χ3v) is 7.40. The van der Waals surface area contributed by atoms with E-state index in [1.807, 2.05) is 54.6 Å². The summed E-state index contributed by atoms with van der Waals surface area (Å²) < 4.78 is 30.6. The van der Waals surface area contributed by atoms with Crippen LogP contribution >= 0.6 is 0 Å². The Morgan fingerprint density at radius 2 is 1.61 bits per heavy atom. The average Bonchev–Trinajstić information content (AvgIpc) is 2.89. The lowest BCUT2D eigenvalue weighted by Gasteiger charge is -2.25. The topological polar surface area (TPSA) is 105 Å². The summed E-state index contributed by atoms with van der Waals surface area (Å²) in [4.78, 5) is 13.0. The fourth-order valence-electron chi connectivity index (χ4n) is 3.72. The highest BCUT2D eigenvalue weighted by Crippen LogP contribution is 2.15. The molecule has 3 aromatic carbocycles. The van der Waals surface area contributed by atoms with Gasteiger partial charge >= 0.3 is 0 Å². The third kappa shape index (κ3) is 8.05. The van der Waals surface area contributed by atoms with Crippen molar-refractivity contribution in [3.63, 3.8) is 0 Å². The number of carbonyl (C=O) groups excluding carboxylic acids is 1. The Hall–Kier alpha value is -3.46. The molecule has 0 spiro atoms. The largest absolute Gasteiger partial charge is 0.497 e. The molecular weight excluding hydrogens is 476 g/mol. The van der Waals surface area contributed by atoms with E-state index >= 15 is 0 Å². The number of amides is 1. The molecule has 7 nitrogen and oxygen atoms in total. The Labute approximate surface area is 212 Å². The highest BCUT2D eigenvalue weighted by molar-refractivity contribution is 7.91. The zero-order valence-corrected chi connectivity index (χ0v) is 21.1. The van der Waals surface area contributed by atoms with E-state index in [0.29, 0.717) is 13.0 Å². The van der Waals surface area contributed by atoms with Gasteiger partial charge in [-0.25, -0.2) is 8.42 Å². The number of rotatable bonds is 13. The van der Waals surface area contributed by atoms with Gasteiger partial charge in [0.15, 0.2) is 9.84 Å². The van der Waals surface area contributed by atoms with Crippen molar-refractivity contribution < 1.29 is 23.1 Å². The molecule has 0 heterocycles. The Kier molecular flexibility index (Phi) is 9.81. The molecule has 3 rings (SSSR count). The average molecular weight is 509 g/mol. The van der Waals surface area contributed by atoms with E-state index in [0.717, 1.165) is 16.9 Å². The maximum Gasteiger partial charge on any atom is 0.247 e. The fraction of sp³-hybridized carbons (Fsp3) is 0.250. The van der Waals surface area contributed by atoms with Gasteiger partial charge in [-0.15, -0.1) is 0 Å². The molecule has 0 saturated heterocycles. The van der Waals surface area contributed by atoms with Gasteiger partial charge < -0.3 is 20.5 Å². The quantitative estimate of drug-likeness (QED) is 0.307. The van der Waals surface area contributed by atoms with Crippen molar-refractivity contribution in [1.82, 2.24) is 10.6 Å². The Bertz CT molecular complexity index is 1250. The van der Waals surface area contributed by atoms with Crippen LogP contribution in [0.25, 0.3) is 0 Å². The minimum Gasteiger partial charge on any atom is -0.497 e. The highest BCUT2D eigenvalue weighted by atomic mass is 32.2. The number of benzene rings is 3. The van der Waals surface area contributed by atoms with Gasteiger partial charge in [0.1, 0.15) is 5.75 Å². The van der Waals surface area contributed by atoms with E-state index in [9.17, 15) is 18.3 Å². The van der Waals surface area contributed by atoms with Crippen LogP contribution in [0.5, 0.6) is 5.75 Å². The van der Waals surface area contributed by atoms with E-state index in [2.05, 4.69) is 17.2 Å². The molecule has 0 saturated carbocycles. The molecule has 0 aromatic heterocycles. The number of hydrogen-bond acceptors (Lipinski definition) is 6. The van der Waals surface area contributed by atoms with Crippen LogP contribution in [-0.2, 0) is 27.6 Å². The molecule has 2 atom stereocenters. The first-order valence-electron chi connectivity index (χ1n) is 11.6. The summed E-state index contributed by atoms with van der Waals surface area (Å²) >= 11 is 0. The van der Waals surface area contributed by atoms with Crippen LogP contribution in [0.1, 0.15) is 11.1 Å². The molecule has 0 aliphatic heterocycles. The molecule has 190 valence electrons. The van der Waals surface area contributed by atoms with Crippen LogP contribution in [0.2, 0.25) is 0 Å². The Morgan fingerprint density at radius 1 is 0.972 bits per heavy atom. The molecule has 0 aliphatic rings. The van der Waals surface area contributed by atoms with Crippen LogP contribution < -0.4 is 15.4 Å². The molecule has 0 unspecified atom stereocenters. The monoisotopic (exact) mass is 508 g/mol. The minimum atomic E-state index is -3.72. The molecule has 0 bridgehead atoms. The van der Waals surface area contributed by atoms with Crippen LogP contribution in [0.4, 0.5) is 0 Å². The zero-order valence-electron chi connectivity index (χ0n) is 20.3. The Balaban J connectivity index is 1.65. The normalized spacial score (nSPS) is 12.9. The smallest absolute Gasteiger partial charge is 0.247 e. The molecule has 3 aromatic rings. The van der Waals surface area contributed by atoms with E-state index in [1.54, 1.807) is 25.3 Å². The van der Waals surface area contributed by atoms with E-state index in [-0.39, 0.29) is 17.0 Å². The van der Waals surface area contributed by atoms with Crippen LogP contribution in [0.3, 0.4) is 0 Å². The van der Waals surface area contributed by atoms with Gasteiger partial charge in [-0.1, -0.05) is 67.2 Å². The number of carbonyl (C=O) groups is 1. The molecule has 36 heavy (non-hydrogen) atoms. The van der Waals surface area contributed by atoms with Gasteiger partial charge in [0.05, 0.1) is 29.9 Å². The number of nitrogens with one attached hydrogen (secondary N) is 2. The molecule has 1 amide bonds. The SMILES string of the molecule is C=C(CS(=O)(=O)c1ccccc1)C(=O)N[C@@H](Cc1ccccc1)[C@H](O)CNCc1cccc(OC)c1. The number of methoxy groups -OCH3 is 1. The van der Waals surface area contributed by atoms with Gasteiger partial charge in [0.2, 0.25) is 5.91 Å². The van der Waals surface area contributed by atoms with Gasteiger partial charge in [-0.3, -0.25) is 4.79 Å². The van der Waals surface area contributed by atoms with E-state index in [4.69, 9.17) is 4.74 Å². The number of aliphatic hydroxyl groups excluding tert-OH is 1. The predicted molar refractivity (Wildman–Crippen MR) is 140 cm³/mol. The van der Waals surface area contributed by atoms with Crippen molar-refractivity contribution >= 4 is 15.7 Å². The van der Waals surface area contributed by atoms with E-state index in [1.165, 1.54) is 12.1 Å². The van der Waals surface area contributed by atoms with Crippen molar-refractivity contribution in [1.29, 1.82) is 0 Å². The molecule has 0 aliphatic carbocycles. The van der Waals surface area contributed by atoms with Gasteiger partial charge in [-0.2, -0.15) is 0 Å². The lowest BCUT2D eigenvalue weighted by molar-refractivity contribution is -0.118. The first-order valence-corrected chi connectivity index (χ1v) is 13.3. The maximum absolute atomic E-state index is 12.9. The van der Waals surface area contributed by atoms with Crippen LogP contribution in [0, 0.1) is 0 Å². The molecule has 0 fully saturated rings. The van der Waals surface area contributed by atoms with Crippen molar-refractivity contribution in [2.24, 2.45) is 0 Å². The second-order valence-corrected chi connectivity index (χ2v) is 10.5. The lowest BCUT2D eigenvalue weighted by Crippen LogP contribution is -2.49. The first kappa shape index (κ1) is 27.1. The van der Waals surface area contributed by atoms with Gasteiger partial charge in [0.25, 0.3) is 0 Å². The highest BCUT2D eigenvalue weighted by Gasteiger charge is 2.25. The van der Waals surface area contributed by atoms with Crippen LogP contribution in [0.15, 0.2) is 102 Å². The summed E-state index contributed by atoms with van der Waals surface area (Å²) in [5.41, 5.74) is 1.83. The second-order valence-electron chi connectivity index (χ2n) is 8.50. The van der Waals surface area contributed by atoms with Gasteiger partial charge in [-0.05, 0) is 41.8 Å². The number of ether oxygens (including phenoxy) is 1. The predicted octanol–water partition coefficient (Wildman–Crippen LogP) is 2.90. The summed E-state index contributed by atoms with van der Waals surface area (Å²) in [5.74, 6) is -0.374. The standard InChI is InChI=1S/C28H32N2O5S/c1-21(20-36(33,34)25-14-7-4-8-15-25)28(32)30-26(17-22-10-5-3-6-11-22)27(31)19-29-18-23-12-9-13-24(16-23)35-2/h3-16,26-27,29,31H,1,17-20H2,2H3,(H,30,32)/t26-,27+/m0/s1. The van der Waals surface area contributed by atoms with Crippen molar-refractivity contribution in [2.45, 2.75) is 30.0 Å². The van der Waals surface area contributed by atoms with E-state index < -0.39 is 33.6 Å². The maximum atomic E-state index is 12.9. The van der Waals surface area contributed by atoms with Gasteiger partial charge in [0, 0.05) is 18.7 Å². The summed E-state index contributed by atoms with van der Waals surface area (Å²) in [6.45, 7) is 4.42. The summed E-state index contributed by atoms with van der Waals surface area (Å²) in [6, 6.07) is 24.3. The molecule has 0 radical (unpaired) electrons. The molecule has 8 heteroatoms. The zero-order chi connectivity index (χ0) is 26.0. The van der Waals surface area contributed by atoms with Crippen molar-refractivity contribution in [3.8, 4) is 5.75 Å². The van der Waals surface area contributed by atoms with Crippen molar-refractivity contribution in [2.75, 3.05) is 19.4 Å². The summed E-state index contributed by atoms with van der Waals surface area (Å²) in [7, 11) is -2.11. The Morgan fingerprint density at radius 3 is 2.28 bits per heavy atom. The number of aliphatic hydroxyl groups is 1. The molecule has 3 N–H and O–H groups in total. The van der Waals surface area contributed by atoms with Crippen molar-refractivity contribution in [3.05, 3.63) is 108 Å². The summed E-state index contributed by atoms with van der Waals surface area (Å²) in [5, 5.41) is 16.9. The summed E-state index contributed by atoms with van der Waals surface area (Å²) in [6.07, 6.45) is -0.564. The molecular formula is C28H32N2O5S. The lowest BCUT2D eigenvalue weighted by atomic mass is 10.0. The minimum absolute atomic E-state index is 0.0894. The number of sulfone groups is 1.